The maximum absolute atomic E-state index is 12.5. The number of non-ortho nitro benzene ring substituents is 1. The molecule has 1 fully saturated rings. The van der Waals surface area contributed by atoms with Crippen molar-refractivity contribution in [2.75, 3.05) is 36.8 Å². The van der Waals surface area contributed by atoms with Crippen LogP contribution in [0.4, 0.5) is 11.4 Å². The number of carbonyl (C=O) groups excluding carboxylic acids is 1. The number of nitrogens with zero attached hydrogens (tertiary/aromatic N) is 6. The molecule has 2 heterocycles. The van der Waals surface area contributed by atoms with Gasteiger partial charge in [-0.2, -0.15) is 0 Å². The number of carbonyl (C=O) groups is 1. The summed E-state index contributed by atoms with van der Waals surface area (Å²) in [6.07, 6.45) is 0. The number of thioether (sulfide) groups is 1. The third kappa shape index (κ3) is 4.38. The van der Waals surface area contributed by atoms with Gasteiger partial charge in [-0.3, -0.25) is 14.9 Å². The van der Waals surface area contributed by atoms with Crippen LogP contribution in [0.15, 0.2) is 29.4 Å². The van der Waals surface area contributed by atoms with Gasteiger partial charge < -0.3 is 14.4 Å². The molecule has 9 nitrogen and oxygen atoms in total. The molecule has 1 aromatic heterocycles. The second kappa shape index (κ2) is 8.38. The topological polar surface area (TPSA) is 97.4 Å². The molecule has 0 radical (unpaired) electrons. The summed E-state index contributed by atoms with van der Waals surface area (Å²) in [4.78, 5) is 26.8. The van der Waals surface area contributed by atoms with Crippen molar-refractivity contribution in [3.8, 4) is 0 Å². The lowest BCUT2D eigenvalue weighted by molar-refractivity contribution is -0.384. The molecule has 0 N–H and O–H groups in total. The van der Waals surface area contributed by atoms with Crippen molar-refractivity contribution >= 4 is 29.0 Å². The number of aryl methyl sites for hydroxylation is 1. The van der Waals surface area contributed by atoms with Gasteiger partial charge in [0, 0.05) is 50.5 Å². The summed E-state index contributed by atoms with van der Waals surface area (Å²) in [6, 6.07) is 6.53. The van der Waals surface area contributed by atoms with Crippen molar-refractivity contribution in [1.82, 2.24) is 19.7 Å². The molecule has 1 aromatic carbocycles. The molecular weight excluding hydrogens is 368 g/mol. The summed E-state index contributed by atoms with van der Waals surface area (Å²) in [7, 11) is 0. The van der Waals surface area contributed by atoms with E-state index < -0.39 is 4.92 Å². The third-order valence-corrected chi connectivity index (χ3v) is 5.55. The van der Waals surface area contributed by atoms with Gasteiger partial charge in [0.05, 0.1) is 10.7 Å². The van der Waals surface area contributed by atoms with Gasteiger partial charge in [0.2, 0.25) is 5.91 Å². The molecule has 0 unspecified atom stereocenters. The zero-order chi connectivity index (χ0) is 19.4. The molecule has 10 heteroatoms. The van der Waals surface area contributed by atoms with E-state index in [1.807, 2.05) is 23.3 Å². The molecule has 2 aromatic rings. The zero-order valence-corrected chi connectivity index (χ0v) is 16.2. The Balaban J connectivity index is 1.51. The monoisotopic (exact) mass is 390 g/mol. The average Bonchev–Trinajstić information content (AvgIpc) is 3.05. The summed E-state index contributed by atoms with van der Waals surface area (Å²) < 4.78 is 1.99. The van der Waals surface area contributed by atoms with Crippen molar-refractivity contribution in [3.05, 3.63) is 40.2 Å². The Bertz CT molecular complexity index is 815. The molecule has 27 heavy (non-hydrogen) atoms. The number of hydrogen-bond donors (Lipinski definition) is 0. The predicted molar refractivity (Wildman–Crippen MR) is 103 cm³/mol. The maximum atomic E-state index is 12.5. The van der Waals surface area contributed by atoms with Gasteiger partial charge in [-0.15, -0.1) is 10.2 Å². The molecule has 0 saturated carbocycles. The number of rotatable bonds is 6. The zero-order valence-electron chi connectivity index (χ0n) is 15.4. The summed E-state index contributed by atoms with van der Waals surface area (Å²) >= 11 is 1.42. The SMILES string of the molecule is CCn1c(C)nnc1SCC(=O)N1CCN(c2ccc([N+](=O)[O-])cc2)CC1. The first-order valence-electron chi connectivity index (χ1n) is 8.79. The lowest BCUT2D eigenvalue weighted by Crippen LogP contribution is -2.49. The Labute approximate surface area is 161 Å². The van der Waals surface area contributed by atoms with E-state index in [0.717, 1.165) is 23.2 Å². The first-order chi connectivity index (χ1) is 13.0. The van der Waals surface area contributed by atoms with Crippen LogP contribution in [0.2, 0.25) is 0 Å². The summed E-state index contributed by atoms with van der Waals surface area (Å²) in [5.41, 5.74) is 1.02. The summed E-state index contributed by atoms with van der Waals surface area (Å²) in [5.74, 6) is 1.28. The van der Waals surface area contributed by atoms with Crippen molar-refractivity contribution in [2.24, 2.45) is 0 Å². The van der Waals surface area contributed by atoms with Crippen molar-refractivity contribution in [3.63, 3.8) is 0 Å². The number of nitro benzene ring substituents is 1. The minimum Gasteiger partial charge on any atom is -0.368 e. The van der Waals surface area contributed by atoms with Crippen LogP contribution in [0.1, 0.15) is 12.7 Å². The number of aromatic nitrogens is 3. The average molecular weight is 390 g/mol. The molecule has 0 atom stereocenters. The number of nitro groups is 1. The number of anilines is 1. The minimum atomic E-state index is -0.404. The quantitative estimate of drug-likeness (QED) is 0.422. The van der Waals surface area contributed by atoms with Crippen LogP contribution in [0, 0.1) is 17.0 Å². The van der Waals surface area contributed by atoms with Crippen LogP contribution in [0.5, 0.6) is 0 Å². The van der Waals surface area contributed by atoms with Crippen LogP contribution in [0.25, 0.3) is 0 Å². The Kier molecular flexibility index (Phi) is 5.94. The van der Waals surface area contributed by atoms with Crippen molar-refractivity contribution in [1.29, 1.82) is 0 Å². The second-order valence-electron chi connectivity index (χ2n) is 6.20. The highest BCUT2D eigenvalue weighted by Gasteiger charge is 2.22. The Morgan fingerprint density at radius 3 is 2.44 bits per heavy atom. The van der Waals surface area contributed by atoms with Gasteiger partial charge in [0.15, 0.2) is 5.16 Å². The molecule has 1 aliphatic heterocycles. The first-order valence-corrected chi connectivity index (χ1v) is 9.78. The molecular formula is C17H22N6O3S. The summed E-state index contributed by atoms with van der Waals surface area (Å²) in [5, 5.41) is 19.7. The van der Waals surface area contributed by atoms with Crippen molar-refractivity contribution in [2.45, 2.75) is 25.5 Å². The van der Waals surface area contributed by atoms with Gasteiger partial charge in [0.25, 0.3) is 5.69 Å². The van der Waals surface area contributed by atoms with E-state index in [1.54, 1.807) is 12.1 Å². The highest BCUT2D eigenvalue weighted by Crippen LogP contribution is 2.22. The van der Waals surface area contributed by atoms with Gasteiger partial charge in [-0.05, 0) is 26.0 Å². The highest BCUT2D eigenvalue weighted by atomic mass is 32.2. The van der Waals surface area contributed by atoms with Gasteiger partial charge in [-0.1, -0.05) is 11.8 Å². The molecule has 0 spiro atoms. The molecule has 0 bridgehead atoms. The van der Waals surface area contributed by atoms with Crippen molar-refractivity contribution < 1.29 is 9.72 Å². The molecule has 1 aliphatic rings. The Morgan fingerprint density at radius 2 is 1.85 bits per heavy atom. The molecule has 144 valence electrons. The van der Waals surface area contributed by atoms with E-state index in [2.05, 4.69) is 15.1 Å². The van der Waals surface area contributed by atoms with Gasteiger partial charge in [-0.25, -0.2) is 0 Å². The molecule has 0 aliphatic carbocycles. The van der Waals surface area contributed by atoms with Crippen LogP contribution in [-0.4, -0.2) is 62.4 Å². The Hall–Kier alpha value is -2.62. The van der Waals surface area contributed by atoms with Crippen LogP contribution >= 0.6 is 11.8 Å². The fraction of sp³-hybridized carbons (Fsp3) is 0.471. The van der Waals surface area contributed by atoms with Crippen LogP contribution in [-0.2, 0) is 11.3 Å². The smallest absolute Gasteiger partial charge is 0.269 e. The Morgan fingerprint density at radius 1 is 1.19 bits per heavy atom. The number of amides is 1. The third-order valence-electron chi connectivity index (χ3n) is 4.60. The summed E-state index contributed by atoms with van der Waals surface area (Å²) in [6.45, 7) is 7.39. The van der Waals surface area contributed by atoms with Gasteiger partial charge in [0.1, 0.15) is 5.82 Å². The molecule has 1 saturated heterocycles. The number of hydrogen-bond acceptors (Lipinski definition) is 7. The lowest BCUT2D eigenvalue weighted by atomic mass is 10.2. The number of benzene rings is 1. The minimum absolute atomic E-state index is 0.0831. The van der Waals surface area contributed by atoms with E-state index in [0.29, 0.717) is 31.9 Å². The first kappa shape index (κ1) is 19.2. The fourth-order valence-electron chi connectivity index (χ4n) is 3.05. The van der Waals surface area contributed by atoms with E-state index in [4.69, 9.17) is 0 Å². The van der Waals surface area contributed by atoms with E-state index in [1.165, 1.54) is 23.9 Å². The van der Waals surface area contributed by atoms with Gasteiger partial charge >= 0.3 is 0 Å². The van der Waals surface area contributed by atoms with Crippen LogP contribution < -0.4 is 4.90 Å². The largest absolute Gasteiger partial charge is 0.368 e. The van der Waals surface area contributed by atoms with E-state index in [9.17, 15) is 14.9 Å². The lowest BCUT2D eigenvalue weighted by Gasteiger charge is -2.36. The normalized spacial score (nSPS) is 14.4. The standard InChI is InChI=1S/C17H22N6O3S/c1-3-22-13(2)18-19-17(22)27-12-16(24)21-10-8-20(9-11-21)14-4-6-15(7-5-14)23(25)26/h4-7H,3,8-12H2,1-2H3. The predicted octanol–water partition coefficient (Wildman–Crippen LogP) is 1.96. The fourth-order valence-corrected chi connectivity index (χ4v) is 4.00. The van der Waals surface area contributed by atoms with E-state index in [-0.39, 0.29) is 11.6 Å². The molecule has 3 rings (SSSR count). The number of piperazine rings is 1. The molecule has 1 amide bonds. The highest BCUT2D eigenvalue weighted by molar-refractivity contribution is 7.99. The second-order valence-corrected chi connectivity index (χ2v) is 7.15. The van der Waals surface area contributed by atoms with Crippen LogP contribution in [0.3, 0.4) is 0 Å². The van der Waals surface area contributed by atoms with E-state index >= 15 is 0 Å². The maximum Gasteiger partial charge on any atom is 0.269 e.